The summed E-state index contributed by atoms with van der Waals surface area (Å²) in [5.74, 6) is -0.413. The van der Waals surface area contributed by atoms with Gasteiger partial charge in [-0.1, -0.05) is 18.9 Å². The largest absolute Gasteiger partial charge is 0.477 e. The molecule has 1 heterocycles. The Labute approximate surface area is 105 Å². The first-order chi connectivity index (χ1) is 8.65. The Hall–Kier alpha value is -1.91. The summed E-state index contributed by atoms with van der Waals surface area (Å²) in [6.07, 6.45) is 5.11. The molecule has 1 aromatic rings. The Kier molecular flexibility index (Phi) is 3.92. The van der Waals surface area contributed by atoms with Gasteiger partial charge in [-0.05, 0) is 30.9 Å². The first-order valence-electron chi connectivity index (χ1n) is 6.15. The molecule has 96 valence electrons. The maximum Gasteiger partial charge on any atom is 0.354 e. The van der Waals surface area contributed by atoms with E-state index in [4.69, 9.17) is 5.11 Å². The number of anilines is 1. The van der Waals surface area contributed by atoms with Crippen molar-refractivity contribution in [3.05, 3.63) is 23.9 Å². The van der Waals surface area contributed by atoms with E-state index in [9.17, 15) is 9.59 Å². The lowest BCUT2D eigenvalue weighted by molar-refractivity contribution is -0.117. The van der Waals surface area contributed by atoms with Crippen LogP contribution < -0.4 is 5.32 Å². The Bertz CT molecular complexity index is 453. The fraction of sp³-hybridized carbons (Fsp3) is 0.462. The standard InChI is InChI=1S/C13H16N2O3/c16-12(8-9-4-1-2-5-9)15-11-7-3-6-10(14-11)13(17)18/h3,6-7,9H,1-2,4-5,8H2,(H,17,18)(H,14,15,16). The van der Waals surface area contributed by atoms with E-state index < -0.39 is 5.97 Å². The van der Waals surface area contributed by atoms with E-state index in [-0.39, 0.29) is 11.6 Å². The van der Waals surface area contributed by atoms with Crippen LogP contribution >= 0.6 is 0 Å². The van der Waals surface area contributed by atoms with Crippen molar-refractivity contribution in [2.24, 2.45) is 5.92 Å². The molecule has 0 spiro atoms. The smallest absolute Gasteiger partial charge is 0.354 e. The number of amides is 1. The first-order valence-corrected chi connectivity index (χ1v) is 6.15. The van der Waals surface area contributed by atoms with Crippen LogP contribution in [0.25, 0.3) is 0 Å². The molecule has 0 aromatic carbocycles. The zero-order chi connectivity index (χ0) is 13.0. The lowest BCUT2D eigenvalue weighted by Crippen LogP contribution is -2.16. The highest BCUT2D eigenvalue weighted by molar-refractivity contribution is 5.91. The number of nitrogens with one attached hydrogen (secondary N) is 1. The first kappa shape index (κ1) is 12.5. The molecule has 1 aliphatic rings. The summed E-state index contributed by atoms with van der Waals surface area (Å²) in [6, 6.07) is 4.57. The van der Waals surface area contributed by atoms with E-state index >= 15 is 0 Å². The molecule has 5 nitrogen and oxygen atoms in total. The number of aromatic carboxylic acids is 1. The molecule has 0 atom stereocenters. The Morgan fingerprint density at radius 3 is 2.72 bits per heavy atom. The summed E-state index contributed by atoms with van der Waals surface area (Å²) in [5, 5.41) is 11.4. The average Bonchev–Trinajstić information content (AvgIpc) is 2.82. The molecular weight excluding hydrogens is 232 g/mol. The predicted molar refractivity (Wildman–Crippen MR) is 66.4 cm³/mol. The van der Waals surface area contributed by atoms with Gasteiger partial charge in [0, 0.05) is 6.42 Å². The monoisotopic (exact) mass is 248 g/mol. The number of hydrogen-bond donors (Lipinski definition) is 2. The van der Waals surface area contributed by atoms with Gasteiger partial charge in [-0.15, -0.1) is 0 Å². The van der Waals surface area contributed by atoms with E-state index in [1.54, 1.807) is 12.1 Å². The van der Waals surface area contributed by atoms with E-state index in [1.807, 2.05) is 0 Å². The number of carboxylic acid groups (broad SMARTS) is 1. The molecule has 5 heteroatoms. The number of nitrogens with zero attached hydrogens (tertiary/aromatic N) is 1. The lowest BCUT2D eigenvalue weighted by Gasteiger charge is -2.09. The number of carbonyl (C=O) groups is 2. The zero-order valence-corrected chi connectivity index (χ0v) is 10.1. The van der Waals surface area contributed by atoms with E-state index in [1.165, 1.54) is 18.9 Å². The Balaban J connectivity index is 1.93. The third-order valence-electron chi connectivity index (χ3n) is 3.18. The van der Waals surface area contributed by atoms with Crippen LogP contribution in [0.1, 0.15) is 42.6 Å². The predicted octanol–water partition coefficient (Wildman–Crippen LogP) is 2.30. The van der Waals surface area contributed by atoms with Gasteiger partial charge in [-0.25, -0.2) is 9.78 Å². The molecule has 0 unspecified atom stereocenters. The summed E-state index contributed by atoms with van der Waals surface area (Å²) >= 11 is 0. The van der Waals surface area contributed by atoms with Crippen molar-refractivity contribution in [1.29, 1.82) is 0 Å². The van der Waals surface area contributed by atoms with Crippen molar-refractivity contribution in [3.63, 3.8) is 0 Å². The van der Waals surface area contributed by atoms with Gasteiger partial charge in [0.2, 0.25) is 5.91 Å². The molecule has 0 saturated heterocycles. The van der Waals surface area contributed by atoms with Crippen molar-refractivity contribution >= 4 is 17.7 Å². The van der Waals surface area contributed by atoms with Crippen LogP contribution in [-0.2, 0) is 4.79 Å². The molecule has 0 bridgehead atoms. The molecule has 1 fully saturated rings. The SMILES string of the molecule is O=C(CC1CCCC1)Nc1cccc(C(=O)O)n1. The van der Waals surface area contributed by atoms with Gasteiger partial charge in [0.1, 0.15) is 5.82 Å². The summed E-state index contributed by atoms with van der Waals surface area (Å²) in [6.45, 7) is 0. The molecule has 1 saturated carbocycles. The second-order valence-electron chi connectivity index (χ2n) is 4.62. The van der Waals surface area contributed by atoms with Crippen molar-refractivity contribution < 1.29 is 14.7 Å². The van der Waals surface area contributed by atoms with Gasteiger partial charge in [-0.2, -0.15) is 0 Å². The molecule has 0 radical (unpaired) electrons. The second kappa shape index (κ2) is 5.62. The van der Waals surface area contributed by atoms with Gasteiger partial charge in [0.25, 0.3) is 0 Å². The van der Waals surface area contributed by atoms with Gasteiger partial charge in [0.15, 0.2) is 5.69 Å². The third kappa shape index (κ3) is 3.29. The zero-order valence-electron chi connectivity index (χ0n) is 10.1. The van der Waals surface area contributed by atoms with E-state index in [2.05, 4.69) is 10.3 Å². The second-order valence-corrected chi connectivity index (χ2v) is 4.62. The third-order valence-corrected chi connectivity index (χ3v) is 3.18. The lowest BCUT2D eigenvalue weighted by atomic mass is 10.0. The van der Waals surface area contributed by atoms with Crippen LogP contribution in [-0.4, -0.2) is 22.0 Å². The number of aromatic nitrogens is 1. The maximum absolute atomic E-state index is 11.8. The van der Waals surface area contributed by atoms with Gasteiger partial charge < -0.3 is 10.4 Å². The molecule has 1 aliphatic carbocycles. The highest BCUT2D eigenvalue weighted by Gasteiger charge is 2.18. The highest BCUT2D eigenvalue weighted by Crippen LogP contribution is 2.27. The van der Waals surface area contributed by atoms with Crippen molar-refractivity contribution in [3.8, 4) is 0 Å². The van der Waals surface area contributed by atoms with Crippen molar-refractivity contribution in [1.82, 2.24) is 4.98 Å². The fourth-order valence-corrected chi connectivity index (χ4v) is 2.29. The Morgan fingerprint density at radius 2 is 2.06 bits per heavy atom. The Morgan fingerprint density at radius 1 is 1.33 bits per heavy atom. The number of rotatable bonds is 4. The van der Waals surface area contributed by atoms with Crippen LogP contribution in [0.2, 0.25) is 0 Å². The van der Waals surface area contributed by atoms with Crippen LogP contribution in [0.4, 0.5) is 5.82 Å². The quantitative estimate of drug-likeness (QED) is 0.856. The molecule has 18 heavy (non-hydrogen) atoms. The molecule has 1 amide bonds. The maximum atomic E-state index is 11.8. The normalized spacial score (nSPS) is 15.6. The summed E-state index contributed by atoms with van der Waals surface area (Å²) in [7, 11) is 0. The minimum atomic E-state index is -1.10. The summed E-state index contributed by atoms with van der Waals surface area (Å²) in [4.78, 5) is 26.3. The van der Waals surface area contributed by atoms with E-state index in [0.717, 1.165) is 12.8 Å². The van der Waals surface area contributed by atoms with Gasteiger partial charge >= 0.3 is 5.97 Å². The minimum absolute atomic E-state index is 0.0614. The van der Waals surface area contributed by atoms with Crippen LogP contribution in [0.3, 0.4) is 0 Å². The van der Waals surface area contributed by atoms with Gasteiger partial charge in [0.05, 0.1) is 0 Å². The van der Waals surface area contributed by atoms with Crippen molar-refractivity contribution in [2.75, 3.05) is 5.32 Å². The average molecular weight is 248 g/mol. The summed E-state index contributed by atoms with van der Waals surface area (Å²) in [5.41, 5.74) is -0.0614. The molecule has 2 N–H and O–H groups in total. The number of pyridine rings is 1. The number of carbonyl (C=O) groups excluding carboxylic acids is 1. The van der Waals surface area contributed by atoms with Crippen LogP contribution in [0.15, 0.2) is 18.2 Å². The highest BCUT2D eigenvalue weighted by atomic mass is 16.4. The minimum Gasteiger partial charge on any atom is -0.477 e. The fourth-order valence-electron chi connectivity index (χ4n) is 2.29. The van der Waals surface area contributed by atoms with Crippen molar-refractivity contribution in [2.45, 2.75) is 32.1 Å². The molecular formula is C13H16N2O3. The van der Waals surface area contributed by atoms with Crippen LogP contribution in [0, 0.1) is 5.92 Å². The molecule has 0 aliphatic heterocycles. The van der Waals surface area contributed by atoms with Gasteiger partial charge in [-0.3, -0.25) is 4.79 Å². The molecule has 1 aromatic heterocycles. The van der Waals surface area contributed by atoms with Crippen LogP contribution in [0.5, 0.6) is 0 Å². The topological polar surface area (TPSA) is 79.3 Å². The number of carboxylic acids is 1. The summed E-state index contributed by atoms with van der Waals surface area (Å²) < 4.78 is 0. The van der Waals surface area contributed by atoms with E-state index in [0.29, 0.717) is 18.2 Å². The molecule has 2 rings (SSSR count). The number of hydrogen-bond acceptors (Lipinski definition) is 3.